The lowest BCUT2D eigenvalue weighted by Crippen LogP contribution is -2.33. The molecule has 0 saturated carbocycles. The second-order valence-corrected chi connectivity index (χ2v) is 7.79. The molecule has 2 atom stereocenters. The molecule has 3 aromatic carbocycles. The van der Waals surface area contributed by atoms with Gasteiger partial charge in [-0.3, -0.25) is 0 Å². The third kappa shape index (κ3) is 3.24. The summed E-state index contributed by atoms with van der Waals surface area (Å²) in [5.41, 5.74) is 4.68. The number of aryl methyl sites for hydroxylation is 1. The van der Waals surface area contributed by atoms with E-state index in [1.807, 2.05) is 60.5 Å². The Kier molecular flexibility index (Phi) is 4.70. The zero-order chi connectivity index (χ0) is 21.5. The highest BCUT2D eigenvalue weighted by Crippen LogP contribution is 2.48. The zero-order valence-electron chi connectivity index (χ0n) is 17.7. The normalized spacial score (nSPS) is 19.2. The number of benzene rings is 3. The number of phenolic OH excluding ortho intramolecular Hbond substituents is 1. The van der Waals surface area contributed by atoms with Crippen molar-refractivity contribution in [2.75, 3.05) is 14.2 Å². The number of nitrogens with zero attached hydrogens (tertiary/aromatic N) is 2. The monoisotopic (exact) mass is 416 g/mol. The summed E-state index contributed by atoms with van der Waals surface area (Å²) in [7, 11) is 3.24. The van der Waals surface area contributed by atoms with E-state index in [2.05, 4.69) is 6.07 Å². The molecule has 0 aliphatic carbocycles. The molecule has 2 unspecified atom stereocenters. The minimum atomic E-state index is -0.427. The Morgan fingerprint density at radius 3 is 2.61 bits per heavy atom. The first-order valence-corrected chi connectivity index (χ1v) is 10.2. The van der Waals surface area contributed by atoms with Gasteiger partial charge in [-0.15, -0.1) is 0 Å². The lowest BCUT2D eigenvalue weighted by Gasteiger charge is -2.38. The molecule has 0 radical (unpaired) electrons. The quantitative estimate of drug-likeness (QED) is 0.651. The molecule has 0 spiro atoms. The van der Waals surface area contributed by atoms with Crippen LogP contribution in [0.5, 0.6) is 23.0 Å². The molecule has 6 heteroatoms. The number of aromatic hydroxyl groups is 1. The van der Waals surface area contributed by atoms with E-state index in [0.717, 1.165) is 33.7 Å². The standard InChI is InChI=1S/C25H24N2O4/c1-15-8-10-21(28)18(12-15)19-14-20-17-6-4-5-7-22(17)31-25(27(20)26-19)16-9-11-23(29-2)24(13-16)30-3/h4-13,20,25,28H,14H2,1-3H3. The molecule has 3 aromatic rings. The van der Waals surface area contributed by atoms with Crippen molar-refractivity contribution in [2.24, 2.45) is 5.10 Å². The highest BCUT2D eigenvalue weighted by Gasteiger charge is 2.41. The van der Waals surface area contributed by atoms with Crippen molar-refractivity contribution < 1.29 is 19.3 Å². The predicted molar refractivity (Wildman–Crippen MR) is 118 cm³/mol. The van der Waals surface area contributed by atoms with Gasteiger partial charge in [0.2, 0.25) is 6.23 Å². The van der Waals surface area contributed by atoms with Crippen LogP contribution in [0.15, 0.2) is 65.8 Å². The van der Waals surface area contributed by atoms with Crippen LogP contribution in [-0.4, -0.2) is 30.0 Å². The van der Waals surface area contributed by atoms with E-state index in [4.69, 9.17) is 19.3 Å². The Labute approximate surface area is 181 Å². The van der Waals surface area contributed by atoms with Gasteiger partial charge in [0.05, 0.1) is 26.0 Å². The molecular formula is C25H24N2O4. The number of phenols is 1. The molecule has 2 aliphatic heterocycles. The van der Waals surface area contributed by atoms with Gasteiger partial charge < -0.3 is 19.3 Å². The lowest BCUT2D eigenvalue weighted by molar-refractivity contribution is -0.0191. The van der Waals surface area contributed by atoms with Gasteiger partial charge in [-0.25, -0.2) is 5.01 Å². The first-order chi connectivity index (χ1) is 15.1. The molecule has 0 bridgehead atoms. The molecule has 6 nitrogen and oxygen atoms in total. The van der Waals surface area contributed by atoms with Crippen molar-refractivity contribution in [3.05, 3.63) is 82.9 Å². The number of hydrogen-bond acceptors (Lipinski definition) is 6. The Bertz CT molecular complexity index is 1170. The average molecular weight is 416 g/mol. The summed E-state index contributed by atoms with van der Waals surface area (Å²) >= 11 is 0. The van der Waals surface area contributed by atoms with Crippen molar-refractivity contribution in [1.82, 2.24) is 5.01 Å². The van der Waals surface area contributed by atoms with Gasteiger partial charge in [-0.05, 0) is 43.3 Å². The fraction of sp³-hybridized carbons (Fsp3) is 0.240. The molecule has 2 aliphatic rings. The van der Waals surface area contributed by atoms with E-state index < -0.39 is 6.23 Å². The van der Waals surface area contributed by atoms with Crippen LogP contribution in [0, 0.1) is 6.92 Å². The Balaban J connectivity index is 1.61. The SMILES string of the molecule is COc1ccc(C2Oc3ccccc3C3CC(c4cc(C)ccc4O)=NN32)cc1OC. The van der Waals surface area contributed by atoms with Gasteiger partial charge in [-0.2, -0.15) is 5.10 Å². The smallest absolute Gasteiger partial charge is 0.214 e. The van der Waals surface area contributed by atoms with Crippen LogP contribution in [0.25, 0.3) is 0 Å². The van der Waals surface area contributed by atoms with Crippen LogP contribution >= 0.6 is 0 Å². The molecule has 0 aromatic heterocycles. The van der Waals surface area contributed by atoms with E-state index in [9.17, 15) is 5.11 Å². The van der Waals surface area contributed by atoms with E-state index in [0.29, 0.717) is 17.9 Å². The molecule has 0 amide bonds. The summed E-state index contributed by atoms with van der Waals surface area (Å²) in [5.74, 6) is 2.38. The predicted octanol–water partition coefficient (Wildman–Crippen LogP) is 4.96. The molecule has 158 valence electrons. The van der Waals surface area contributed by atoms with Crippen molar-refractivity contribution in [2.45, 2.75) is 25.6 Å². The average Bonchev–Trinajstić information content (AvgIpc) is 3.25. The Morgan fingerprint density at radius 1 is 1.00 bits per heavy atom. The van der Waals surface area contributed by atoms with Crippen LogP contribution in [0.4, 0.5) is 0 Å². The lowest BCUT2D eigenvalue weighted by atomic mass is 9.95. The molecule has 5 rings (SSSR count). The minimum Gasteiger partial charge on any atom is -0.507 e. The largest absolute Gasteiger partial charge is 0.507 e. The van der Waals surface area contributed by atoms with Crippen LogP contribution in [0.2, 0.25) is 0 Å². The molecule has 0 fully saturated rings. The van der Waals surface area contributed by atoms with Crippen molar-refractivity contribution in [3.63, 3.8) is 0 Å². The summed E-state index contributed by atoms with van der Waals surface area (Å²) in [4.78, 5) is 0. The van der Waals surface area contributed by atoms with E-state index in [1.54, 1.807) is 20.3 Å². The third-order valence-electron chi connectivity index (χ3n) is 5.85. The van der Waals surface area contributed by atoms with Crippen molar-refractivity contribution in [3.8, 4) is 23.0 Å². The van der Waals surface area contributed by atoms with Crippen LogP contribution in [0.1, 0.15) is 40.9 Å². The van der Waals surface area contributed by atoms with Gasteiger partial charge in [0.15, 0.2) is 11.5 Å². The fourth-order valence-electron chi connectivity index (χ4n) is 4.30. The second kappa shape index (κ2) is 7.54. The number of ether oxygens (including phenoxy) is 3. The van der Waals surface area contributed by atoms with Gasteiger partial charge >= 0.3 is 0 Å². The summed E-state index contributed by atoms with van der Waals surface area (Å²) in [6.45, 7) is 2.01. The van der Waals surface area contributed by atoms with Crippen molar-refractivity contribution in [1.29, 1.82) is 0 Å². The highest BCUT2D eigenvalue weighted by atomic mass is 16.5. The van der Waals surface area contributed by atoms with E-state index in [-0.39, 0.29) is 11.8 Å². The van der Waals surface area contributed by atoms with E-state index in [1.165, 1.54) is 0 Å². The number of para-hydroxylation sites is 1. The summed E-state index contributed by atoms with van der Waals surface area (Å²) in [6, 6.07) is 19.4. The zero-order valence-corrected chi connectivity index (χ0v) is 17.7. The topological polar surface area (TPSA) is 63.5 Å². The fourth-order valence-corrected chi connectivity index (χ4v) is 4.30. The summed E-state index contributed by atoms with van der Waals surface area (Å²) in [5, 5.41) is 17.4. The van der Waals surface area contributed by atoms with Crippen molar-refractivity contribution >= 4 is 5.71 Å². The number of fused-ring (bicyclic) bond motifs is 3. The Morgan fingerprint density at radius 2 is 1.81 bits per heavy atom. The molecule has 2 heterocycles. The molecular weight excluding hydrogens is 392 g/mol. The molecule has 1 N–H and O–H groups in total. The number of hydrazone groups is 1. The van der Waals surface area contributed by atoms with E-state index >= 15 is 0 Å². The van der Waals surface area contributed by atoms with Crippen LogP contribution in [0.3, 0.4) is 0 Å². The maximum atomic E-state index is 10.5. The minimum absolute atomic E-state index is 0.0120. The first kappa shape index (κ1) is 19.3. The second-order valence-electron chi connectivity index (χ2n) is 7.79. The van der Waals surface area contributed by atoms with Crippen LogP contribution in [-0.2, 0) is 0 Å². The summed E-state index contributed by atoms with van der Waals surface area (Å²) in [6.07, 6.45) is 0.255. The maximum Gasteiger partial charge on any atom is 0.214 e. The first-order valence-electron chi connectivity index (χ1n) is 10.2. The highest BCUT2D eigenvalue weighted by molar-refractivity contribution is 6.04. The summed E-state index contributed by atoms with van der Waals surface area (Å²) < 4.78 is 17.3. The number of methoxy groups -OCH3 is 2. The van der Waals surface area contributed by atoms with Crippen LogP contribution < -0.4 is 14.2 Å². The van der Waals surface area contributed by atoms with Gasteiger partial charge in [0, 0.05) is 23.1 Å². The van der Waals surface area contributed by atoms with Gasteiger partial charge in [0.25, 0.3) is 0 Å². The third-order valence-corrected chi connectivity index (χ3v) is 5.85. The molecule has 31 heavy (non-hydrogen) atoms. The number of rotatable bonds is 4. The van der Waals surface area contributed by atoms with Gasteiger partial charge in [-0.1, -0.05) is 29.8 Å². The maximum absolute atomic E-state index is 10.5. The Hall–Kier alpha value is -3.67. The number of hydrogen-bond donors (Lipinski definition) is 1. The molecule has 0 saturated heterocycles. The van der Waals surface area contributed by atoms with Gasteiger partial charge in [0.1, 0.15) is 11.5 Å².